The Kier molecular flexibility index (Phi) is 4.84. The van der Waals surface area contributed by atoms with Crippen LogP contribution in [0, 0.1) is 5.92 Å². The van der Waals surface area contributed by atoms with Crippen LogP contribution in [-0.2, 0) is 0 Å². The van der Waals surface area contributed by atoms with E-state index in [9.17, 15) is 0 Å². The summed E-state index contributed by atoms with van der Waals surface area (Å²) in [5.74, 6) is 0.594. The number of hydrogen-bond acceptors (Lipinski definition) is 3. The first-order valence-electron chi connectivity index (χ1n) is 5.03. The van der Waals surface area contributed by atoms with Gasteiger partial charge in [0.15, 0.2) is 0 Å². The van der Waals surface area contributed by atoms with Crippen LogP contribution in [0.3, 0.4) is 0 Å². The van der Waals surface area contributed by atoms with Gasteiger partial charge < -0.3 is 5.32 Å². The standard InChI is InChI=1S/C11H18N2S/c1-4-12-6-10(9(2)3)5-11-7-13-8-14-11/h5,7-9,12H,4,6H2,1-3H3. The van der Waals surface area contributed by atoms with E-state index in [1.165, 1.54) is 10.5 Å². The van der Waals surface area contributed by atoms with Gasteiger partial charge in [0, 0.05) is 17.6 Å². The van der Waals surface area contributed by atoms with Crippen molar-refractivity contribution >= 4 is 17.4 Å². The summed E-state index contributed by atoms with van der Waals surface area (Å²) >= 11 is 1.69. The monoisotopic (exact) mass is 210 g/mol. The van der Waals surface area contributed by atoms with Crippen molar-refractivity contribution in [2.24, 2.45) is 5.92 Å². The van der Waals surface area contributed by atoms with E-state index in [0.717, 1.165) is 13.1 Å². The van der Waals surface area contributed by atoms with Gasteiger partial charge in [-0.2, -0.15) is 0 Å². The minimum absolute atomic E-state index is 0.594. The molecule has 1 rings (SSSR count). The molecule has 1 aromatic rings. The maximum Gasteiger partial charge on any atom is 0.0797 e. The highest BCUT2D eigenvalue weighted by Gasteiger charge is 2.03. The van der Waals surface area contributed by atoms with E-state index in [-0.39, 0.29) is 0 Å². The van der Waals surface area contributed by atoms with Crippen LogP contribution >= 0.6 is 11.3 Å². The Morgan fingerprint density at radius 2 is 2.43 bits per heavy atom. The molecule has 0 aliphatic carbocycles. The van der Waals surface area contributed by atoms with Crippen LogP contribution in [0.2, 0.25) is 0 Å². The topological polar surface area (TPSA) is 24.9 Å². The number of thiazole rings is 1. The molecule has 0 aromatic carbocycles. The van der Waals surface area contributed by atoms with Crippen molar-refractivity contribution in [2.45, 2.75) is 20.8 Å². The van der Waals surface area contributed by atoms with Crippen molar-refractivity contribution in [3.8, 4) is 0 Å². The van der Waals surface area contributed by atoms with Crippen molar-refractivity contribution in [3.05, 3.63) is 22.2 Å². The lowest BCUT2D eigenvalue weighted by Gasteiger charge is -2.11. The van der Waals surface area contributed by atoms with E-state index < -0.39 is 0 Å². The van der Waals surface area contributed by atoms with Crippen molar-refractivity contribution in [3.63, 3.8) is 0 Å². The van der Waals surface area contributed by atoms with Crippen molar-refractivity contribution in [1.29, 1.82) is 0 Å². The molecular formula is C11H18N2S. The Morgan fingerprint density at radius 1 is 1.64 bits per heavy atom. The van der Waals surface area contributed by atoms with E-state index in [1.54, 1.807) is 11.3 Å². The highest BCUT2D eigenvalue weighted by atomic mass is 32.1. The van der Waals surface area contributed by atoms with Gasteiger partial charge in [0.05, 0.1) is 5.51 Å². The lowest BCUT2D eigenvalue weighted by molar-refractivity contribution is 0.683. The summed E-state index contributed by atoms with van der Waals surface area (Å²) in [5, 5.41) is 3.36. The first kappa shape index (κ1) is 11.4. The average molecular weight is 210 g/mol. The number of rotatable bonds is 5. The second-order valence-corrected chi connectivity index (χ2v) is 4.48. The molecule has 3 heteroatoms. The van der Waals surface area contributed by atoms with Crippen LogP contribution < -0.4 is 5.32 Å². The second kappa shape index (κ2) is 5.94. The van der Waals surface area contributed by atoms with E-state index in [1.807, 2.05) is 11.7 Å². The molecule has 0 fully saturated rings. The van der Waals surface area contributed by atoms with Gasteiger partial charge in [0.25, 0.3) is 0 Å². The molecule has 1 heterocycles. The summed E-state index contributed by atoms with van der Waals surface area (Å²) in [6, 6.07) is 0. The minimum atomic E-state index is 0.594. The summed E-state index contributed by atoms with van der Waals surface area (Å²) in [5.41, 5.74) is 3.31. The molecule has 0 amide bonds. The molecule has 0 unspecified atom stereocenters. The molecule has 1 N–H and O–H groups in total. The van der Waals surface area contributed by atoms with Crippen molar-refractivity contribution in [1.82, 2.24) is 10.3 Å². The molecule has 0 atom stereocenters. The molecule has 1 aromatic heterocycles. The van der Waals surface area contributed by atoms with Crippen molar-refractivity contribution in [2.75, 3.05) is 13.1 Å². The van der Waals surface area contributed by atoms with Crippen molar-refractivity contribution < 1.29 is 0 Å². The molecule has 2 nitrogen and oxygen atoms in total. The molecule has 0 saturated heterocycles. The summed E-state index contributed by atoms with van der Waals surface area (Å²) in [4.78, 5) is 5.31. The smallest absolute Gasteiger partial charge is 0.0797 e. The fraction of sp³-hybridized carbons (Fsp3) is 0.545. The third-order valence-electron chi connectivity index (χ3n) is 2.10. The second-order valence-electron chi connectivity index (χ2n) is 3.56. The Morgan fingerprint density at radius 3 is 2.93 bits per heavy atom. The lowest BCUT2D eigenvalue weighted by Crippen LogP contribution is -2.18. The number of nitrogens with zero attached hydrogens (tertiary/aromatic N) is 1. The Labute approximate surface area is 90.1 Å². The molecule has 14 heavy (non-hydrogen) atoms. The molecule has 0 aliphatic rings. The number of hydrogen-bond donors (Lipinski definition) is 1. The van der Waals surface area contributed by atoms with E-state index in [4.69, 9.17) is 0 Å². The largest absolute Gasteiger partial charge is 0.313 e. The average Bonchev–Trinajstić information content (AvgIpc) is 2.64. The van der Waals surface area contributed by atoms with Crippen LogP contribution in [0.4, 0.5) is 0 Å². The fourth-order valence-corrected chi connectivity index (χ4v) is 1.76. The van der Waals surface area contributed by atoms with Gasteiger partial charge in [-0.3, -0.25) is 4.98 Å². The number of aromatic nitrogens is 1. The molecule has 78 valence electrons. The molecule has 0 bridgehead atoms. The van der Waals surface area contributed by atoms with Gasteiger partial charge in [-0.05, 0) is 18.5 Å². The van der Waals surface area contributed by atoms with Crippen LogP contribution in [0.5, 0.6) is 0 Å². The van der Waals surface area contributed by atoms with Gasteiger partial charge in [0.2, 0.25) is 0 Å². The van der Waals surface area contributed by atoms with Crippen LogP contribution in [0.25, 0.3) is 6.08 Å². The normalized spacial score (nSPS) is 12.4. The summed E-state index contributed by atoms with van der Waals surface area (Å²) in [6.45, 7) is 8.58. The van der Waals surface area contributed by atoms with Gasteiger partial charge in [-0.15, -0.1) is 11.3 Å². The fourth-order valence-electron chi connectivity index (χ4n) is 1.17. The Bertz CT molecular complexity index is 275. The van der Waals surface area contributed by atoms with Gasteiger partial charge in [-0.25, -0.2) is 0 Å². The van der Waals surface area contributed by atoms with E-state index in [2.05, 4.69) is 37.1 Å². The maximum atomic E-state index is 4.07. The quantitative estimate of drug-likeness (QED) is 0.808. The van der Waals surface area contributed by atoms with Crippen LogP contribution in [-0.4, -0.2) is 18.1 Å². The van der Waals surface area contributed by atoms with E-state index >= 15 is 0 Å². The van der Waals surface area contributed by atoms with Gasteiger partial charge in [-0.1, -0.05) is 26.3 Å². The summed E-state index contributed by atoms with van der Waals surface area (Å²) < 4.78 is 0. The van der Waals surface area contributed by atoms with Gasteiger partial charge >= 0.3 is 0 Å². The highest BCUT2D eigenvalue weighted by molar-refractivity contribution is 7.10. The first-order valence-corrected chi connectivity index (χ1v) is 5.91. The van der Waals surface area contributed by atoms with Crippen LogP contribution in [0.15, 0.2) is 17.3 Å². The van der Waals surface area contributed by atoms with Crippen LogP contribution in [0.1, 0.15) is 25.6 Å². The molecule has 0 saturated carbocycles. The molecule has 0 radical (unpaired) electrons. The molecular weight excluding hydrogens is 192 g/mol. The zero-order valence-corrected chi connectivity index (χ0v) is 9.90. The predicted molar refractivity (Wildman–Crippen MR) is 63.5 cm³/mol. The third-order valence-corrected chi connectivity index (χ3v) is 2.82. The zero-order valence-electron chi connectivity index (χ0n) is 9.08. The maximum absolute atomic E-state index is 4.07. The third kappa shape index (κ3) is 3.60. The Balaban J connectivity index is 2.67. The van der Waals surface area contributed by atoms with E-state index in [0.29, 0.717) is 5.92 Å². The zero-order chi connectivity index (χ0) is 10.4. The molecule has 0 spiro atoms. The minimum Gasteiger partial charge on any atom is -0.313 e. The first-order chi connectivity index (χ1) is 6.74. The highest BCUT2D eigenvalue weighted by Crippen LogP contribution is 2.16. The predicted octanol–water partition coefficient (Wildman–Crippen LogP) is 2.79. The summed E-state index contributed by atoms with van der Waals surface area (Å²) in [7, 11) is 0. The number of nitrogens with one attached hydrogen (secondary N) is 1. The van der Waals surface area contributed by atoms with Gasteiger partial charge in [0.1, 0.15) is 0 Å². The lowest BCUT2D eigenvalue weighted by atomic mass is 10.0. The Hall–Kier alpha value is -0.670. The summed E-state index contributed by atoms with van der Waals surface area (Å²) in [6.07, 6.45) is 4.16. The SMILES string of the molecule is CCNCC(=Cc1cncs1)C(C)C. The number of likely N-dealkylation sites (N-methyl/N-ethyl adjacent to an activating group) is 1. The molecule has 0 aliphatic heterocycles.